The molecule has 6 aromatic carbocycles. The monoisotopic (exact) mass is 1810 g/mol. The van der Waals surface area contributed by atoms with Crippen LogP contribution in [0.15, 0.2) is 184 Å². The number of halogens is 12. The van der Waals surface area contributed by atoms with Crippen molar-refractivity contribution in [1.29, 1.82) is 0 Å². The highest BCUT2D eigenvalue weighted by atomic mass is 19.4. The molecule has 0 saturated heterocycles. The summed E-state index contributed by atoms with van der Waals surface area (Å²) in [7, 11) is 0. The number of carbonyl (C=O) groups is 12. The van der Waals surface area contributed by atoms with Crippen molar-refractivity contribution >= 4 is 72.0 Å². The molecule has 0 radical (unpaired) electrons. The summed E-state index contributed by atoms with van der Waals surface area (Å²) in [5, 5.41) is 8.80. The van der Waals surface area contributed by atoms with Gasteiger partial charge in [0.05, 0.1) is 86.9 Å². The van der Waals surface area contributed by atoms with E-state index in [9.17, 15) is 110 Å². The number of ether oxygens (including phenoxy) is 15. The van der Waals surface area contributed by atoms with Crippen molar-refractivity contribution in [2.75, 3.05) is 59.5 Å². The number of alkyl halides is 12. The number of aryl methyl sites for hydroxylation is 2. The van der Waals surface area contributed by atoms with Gasteiger partial charge in [-0.15, -0.1) is 0 Å². The Hall–Kier alpha value is -13.7. The second-order valence-electron chi connectivity index (χ2n) is 26.5. The average molecular weight is 1810 g/mol. The van der Waals surface area contributed by atoms with Gasteiger partial charge in [-0.1, -0.05) is 40.2 Å². The molecule has 0 amide bonds. The van der Waals surface area contributed by atoms with Crippen LogP contribution in [-0.4, -0.2) is 173 Å². The third kappa shape index (κ3) is 34.7. The highest BCUT2D eigenvalue weighted by Gasteiger charge is 2.88. The maximum atomic E-state index is 13.5. The van der Waals surface area contributed by atoms with E-state index >= 15 is 0 Å². The summed E-state index contributed by atoms with van der Waals surface area (Å²) in [5.41, 5.74) is 2.17. The van der Waals surface area contributed by atoms with Gasteiger partial charge < -0.3 is 76.2 Å². The van der Waals surface area contributed by atoms with Gasteiger partial charge in [0.25, 0.3) is 0 Å². The molecule has 0 saturated carbocycles. The first-order chi connectivity index (χ1) is 60.0. The van der Waals surface area contributed by atoms with Gasteiger partial charge in [-0.05, 0) is 223 Å². The van der Waals surface area contributed by atoms with E-state index in [-0.39, 0.29) is 67.0 Å². The van der Waals surface area contributed by atoms with Crippen molar-refractivity contribution in [2.24, 2.45) is 11.8 Å². The Morgan fingerprint density at radius 3 is 0.953 bits per heavy atom. The smallest absolute Gasteiger partial charge is 0.494 e. The van der Waals surface area contributed by atoms with Gasteiger partial charge in [-0.3, -0.25) is 9.59 Å². The van der Waals surface area contributed by atoms with Gasteiger partial charge in [-0.25, -0.2) is 56.7 Å². The summed E-state index contributed by atoms with van der Waals surface area (Å²) in [5.74, 6) is -44.1. The number of esters is 9. The highest BCUT2D eigenvalue weighted by Crippen LogP contribution is 2.58. The number of carboxylic acid groups (broad SMARTS) is 1. The minimum Gasteiger partial charge on any atom is -0.494 e. The molecule has 2 atom stereocenters. The number of hydrogen-bond acceptors (Lipinski definition) is 27. The van der Waals surface area contributed by atoms with Crippen molar-refractivity contribution < 1.29 is 186 Å². The summed E-state index contributed by atoms with van der Waals surface area (Å²) in [6.45, 7) is 17.9. The molecule has 0 aliphatic rings. The van der Waals surface area contributed by atoms with Crippen LogP contribution in [0.5, 0.6) is 46.0 Å². The normalized spacial score (nSPS) is 11.7. The molecule has 40 heteroatoms. The first-order valence-corrected chi connectivity index (χ1v) is 38.2. The summed E-state index contributed by atoms with van der Waals surface area (Å²) in [4.78, 5) is 141. The third-order valence-corrected chi connectivity index (χ3v) is 16.9. The van der Waals surface area contributed by atoms with Gasteiger partial charge in [0, 0.05) is 24.3 Å². The molecule has 28 nitrogen and oxygen atoms in total. The predicted octanol–water partition coefficient (Wildman–Crippen LogP) is 17.8. The van der Waals surface area contributed by atoms with Crippen LogP contribution >= 0.6 is 0 Å². The van der Waals surface area contributed by atoms with Crippen molar-refractivity contribution in [3.8, 4) is 46.0 Å². The molecule has 6 rings (SSSR count). The molecular weight excluding hydrogens is 1720 g/mol. The lowest BCUT2D eigenvalue weighted by Gasteiger charge is -2.38. The van der Waals surface area contributed by atoms with E-state index in [1.165, 1.54) is 73.7 Å². The fraction of sp³-hybridized carbons (Fsp3) is 0.356. The van der Waals surface area contributed by atoms with Gasteiger partial charge in [-0.2, -0.15) is 43.9 Å². The summed E-state index contributed by atoms with van der Waals surface area (Å²) >= 11 is 0. The van der Waals surface area contributed by atoms with Crippen LogP contribution in [0.2, 0.25) is 0 Å². The maximum Gasteiger partial charge on any atom is 0.513 e. The molecule has 0 aliphatic carbocycles. The fourth-order valence-corrected chi connectivity index (χ4v) is 9.76. The topological polar surface area (TPSA) is 364 Å². The Labute approximate surface area is 718 Å². The number of hydrogen-bond donors (Lipinski definition) is 1. The lowest BCUT2D eigenvalue weighted by molar-refractivity contribution is -0.414. The van der Waals surface area contributed by atoms with Crippen LogP contribution in [-0.2, 0) is 61.9 Å². The van der Waals surface area contributed by atoms with E-state index in [1.54, 1.807) is 80.6 Å². The number of carbonyl (C=O) groups excluding carboxylic acids is 11. The first-order valence-electron chi connectivity index (χ1n) is 38.2. The van der Waals surface area contributed by atoms with Crippen molar-refractivity contribution in [1.82, 2.24) is 0 Å². The first kappa shape index (κ1) is 106. The Morgan fingerprint density at radius 2 is 0.661 bits per heavy atom. The number of carboxylic acids is 1. The number of rotatable bonds is 48. The van der Waals surface area contributed by atoms with Crippen molar-refractivity contribution in [3.05, 3.63) is 217 Å². The van der Waals surface area contributed by atoms with E-state index in [4.69, 9.17) is 71.4 Å². The Bertz CT molecular complexity index is 4710. The molecule has 0 fully saturated rings. The maximum absolute atomic E-state index is 13.5. The molecule has 0 bridgehead atoms. The SMILES string of the molecule is C=CC(=O)OCCCCOC(=O)Oc1ccc(C(=O)Oc2ccc(OC(=O)c3ccc(OC(=O)OCCCCOC(=O)C=C)cc3)c(C)c2)cc1.C=CC(=O)OCCCCOc1ccc(C(=O)Oc2ccc(OC(=O)c3ccc(OCCCCOC(=O)C=C)cc3)c(C)c2)cc1.CCC(CC(C)C(=O)OCC(F)(F)C(F)(F)C(F)(F)C(F)(F)C(F)(F)C(F)F)C(=O)O. The second kappa shape index (κ2) is 52.2. The van der Waals surface area contributed by atoms with Crippen LogP contribution < -0.4 is 37.9 Å². The molecule has 0 aromatic heterocycles. The molecule has 6 aromatic rings. The van der Waals surface area contributed by atoms with Gasteiger partial charge >= 0.3 is 108 Å². The van der Waals surface area contributed by atoms with Gasteiger partial charge in [0.1, 0.15) is 46.0 Å². The Morgan fingerprint density at radius 1 is 0.370 bits per heavy atom. The van der Waals surface area contributed by atoms with Crippen molar-refractivity contribution in [3.63, 3.8) is 0 Å². The number of aliphatic carboxylic acids is 1. The van der Waals surface area contributed by atoms with E-state index in [1.807, 2.05) is 0 Å². The zero-order valence-electron chi connectivity index (χ0n) is 68.5. The van der Waals surface area contributed by atoms with E-state index < -0.39 is 133 Å². The van der Waals surface area contributed by atoms with Crippen LogP contribution in [0, 0.1) is 25.7 Å². The minimum absolute atomic E-state index is 0.0665. The summed E-state index contributed by atoms with van der Waals surface area (Å²) < 4.78 is 233. The lowest BCUT2D eigenvalue weighted by Crippen LogP contribution is -2.69. The minimum atomic E-state index is -7.71. The van der Waals surface area contributed by atoms with E-state index in [0.29, 0.717) is 123 Å². The Kier molecular flexibility index (Phi) is 43.4. The zero-order valence-corrected chi connectivity index (χ0v) is 68.5. The van der Waals surface area contributed by atoms with E-state index in [2.05, 4.69) is 31.1 Å². The molecule has 688 valence electrons. The van der Waals surface area contributed by atoms with Crippen LogP contribution in [0.4, 0.5) is 62.3 Å². The summed E-state index contributed by atoms with van der Waals surface area (Å²) in [6, 6.07) is 33.6. The third-order valence-electron chi connectivity index (χ3n) is 16.9. The molecule has 0 heterocycles. The highest BCUT2D eigenvalue weighted by molar-refractivity contribution is 5.94. The number of benzene rings is 6. The average Bonchev–Trinajstić information content (AvgIpc) is 0.716. The fourth-order valence-electron chi connectivity index (χ4n) is 9.76. The molecule has 2 unspecified atom stereocenters. The lowest BCUT2D eigenvalue weighted by atomic mass is 9.93. The molecule has 0 aliphatic heterocycles. The van der Waals surface area contributed by atoms with E-state index in [0.717, 1.165) is 31.2 Å². The van der Waals surface area contributed by atoms with Crippen LogP contribution in [0.3, 0.4) is 0 Å². The van der Waals surface area contributed by atoms with Gasteiger partial charge in [0.2, 0.25) is 0 Å². The van der Waals surface area contributed by atoms with Crippen LogP contribution in [0.1, 0.15) is 131 Å². The van der Waals surface area contributed by atoms with Crippen LogP contribution in [0.25, 0.3) is 0 Å². The second-order valence-corrected chi connectivity index (χ2v) is 26.5. The summed E-state index contributed by atoms with van der Waals surface area (Å²) in [6.07, 6.45) is 0.874. The quantitative estimate of drug-likeness (QED) is 0.00705. The largest absolute Gasteiger partial charge is 0.513 e. The van der Waals surface area contributed by atoms with Gasteiger partial charge in [0.15, 0.2) is 6.61 Å². The standard InChI is InChI=1S/C37H36O14.C35H36O10.C15H16F12O4/c1-4-32(38)44-20-6-8-22-46-36(42)49-28-14-10-26(11-15-28)34(40)48-30-18-19-31(25(3)24-30)51-35(41)27-12-16-29(17-13-27)50-37(43)47-23-9-7-21-45-33(39)5-2;1-4-32(36)42-22-8-6-20-40-28-14-10-26(11-15-28)34(38)44-30-18-19-31(25(3)24-30)45-35(39)27-12-16-29(17-13-27)41-21-7-9-23-43-33(37)5-2;1-3-7(8(28)29)4-6(2)9(30)31-5-11(18,19)13(22,23)15(26,27)14(24,25)12(20,21)10(16)17/h4-5,10-19,24H,1-2,6-9,20-23H2,3H3;4-5,10-19,24H,1-2,6-9,20-23H2,3H3;6-7,10H,3-5H2,1-2H3,(H,28,29). The molecule has 127 heavy (non-hydrogen) atoms. The number of unbranched alkanes of at least 4 members (excludes halogenated alkanes) is 4. The molecule has 1 N–H and O–H groups in total. The molecule has 0 spiro atoms. The predicted molar refractivity (Wildman–Crippen MR) is 421 cm³/mol. The Balaban J connectivity index is 0.000000412. The zero-order chi connectivity index (χ0) is 94.7. The molecular formula is C87H88F12O28. The van der Waals surface area contributed by atoms with Crippen molar-refractivity contribution in [2.45, 2.75) is 128 Å².